The van der Waals surface area contributed by atoms with Crippen LogP contribution in [-0.2, 0) is 0 Å². The molecule has 0 aromatic heterocycles. The minimum Gasteiger partial charge on any atom is -0.494 e. The fourth-order valence-corrected chi connectivity index (χ4v) is 3.95. The molecule has 0 aliphatic heterocycles. The van der Waals surface area contributed by atoms with E-state index in [2.05, 4.69) is 61.5 Å². The van der Waals surface area contributed by atoms with Gasteiger partial charge >= 0.3 is 21.2 Å². The quantitative estimate of drug-likeness (QED) is 0.531. The molecule has 0 saturated heterocycles. The molecular formula is C17H20IO+. The zero-order valence-corrected chi connectivity index (χ0v) is 13.5. The van der Waals surface area contributed by atoms with Gasteiger partial charge in [-0.1, -0.05) is 38.0 Å². The Balaban J connectivity index is 1.84. The van der Waals surface area contributed by atoms with Gasteiger partial charge in [-0.15, -0.1) is 0 Å². The molecule has 100 valence electrons. The van der Waals surface area contributed by atoms with Crippen LogP contribution in [0, 0.1) is 7.14 Å². The van der Waals surface area contributed by atoms with Crippen LogP contribution in [0.15, 0.2) is 54.6 Å². The van der Waals surface area contributed by atoms with Gasteiger partial charge in [-0.05, 0) is 42.8 Å². The minimum absolute atomic E-state index is 0.0592. The van der Waals surface area contributed by atoms with Crippen LogP contribution >= 0.6 is 0 Å². The fraction of sp³-hybridized carbons (Fsp3) is 0.294. The number of rotatable bonds is 7. The maximum absolute atomic E-state index is 5.73. The SMILES string of the molecule is CCCCCOc1ccc([I+]c2ccccc2)cc1. The van der Waals surface area contributed by atoms with Gasteiger partial charge in [0.1, 0.15) is 5.75 Å². The van der Waals surface area contributed by atoms with E-state index >= 15 is 0 Å². The van der Waals surface area contributed by atoms with Crippen molar-refractivity contribution in [1.82, 2.24) is 0 Å². The van der Waals surface area contributed by atoms with Gasteiger partial charge in [0.05, 0.1) is 6.61 Å². The molecule has 0 unspecified atom stereocenters. The highest BCUT2D eigenvalue weighted by Crippen LogP contribution is 2.09. The van der Waals surface area contributed by atoms with Crippen molar-refractivity contribution in [2.75, 3.05) is 6.61 Å². The fourth-order valence-electron chi connectivity index (χ4n) is 1.74. The van der Waals surface area contributed by atoms with Gasteiger partial charge in [0.15, 0.2) is 7.14 Å². The van der Waals surface area contributed by atoms with Crippen molar-refractivity contribution in [3.8, 4) is 5.75 Å². The van der Waals surface area contributed by atoms with Gasteiger partial charge in [-0.25, -0.2) is 0 Å². The standard InChI is InChI=1S/C17H20IO/c1-2-3-7-14-19-17-12-10-16(11-13-17)18-15-8-5-4-6-9-15/h4-6,8-13H,2-3,7,14H2,1H3/q+1. The lowest BCUT2D eigenvalue weighted by Gasteiger charge is -2.04. The summed E-state index contributed by atoms with van der Waals surface area (Å²) in [6.45, 7) is 3.04. The smallest absolute Gasteiger partial charge is 0.357 e. The molecule has 0 heterocycles. The van der Waals surface area contributed by atoms with Crippen LogP contribution in [-0.4, -0.2) is 6.61 Å². The number of benzene rings is 2. The number of hydrogen-bond donors (Lipinski definition) is 0. The molecule has 0 aliphatic rings. The van der Waals surface area contributed by atoms with Gasteiger partial charge in [0, 0.05) is 0 Å². The van der Waals surface area contributed by atoms with Crippen molar-refractivity contribution >= 4 is 0 Å². The Labute approximate surface area is 126 Å². The third kappa shape index (κ3) is 5.23. The third-order valence-corrected chi connectivity index (χ3v) is 5.47. The highest BCUT2D eigenvalue weighted by Gasteiger charge is 2.14. The number of unbranched alkanes of at least 4 members (excludes halogenated alkanes) is 2. The summed E-state index contributed by atoms with van der Waals surface area (Å²) >= 11 is -0.0592. The van der Waals surface area contributed by atoms with Crippen molar-refractivity contribution in [2.45, 2.75) is 26.2 Å². The average molecular weight is 367 g/mol. The summed E-state index contributed by atoms with van der Waals surface area (Å²) in [5.41, 5.74) is 0. The summed E-state index contributed by atoms with van der Waals surface area (Å²) in [6, 6.07) is 19.3. The van der Waals surface area contributed by atoms with E-state index in [1.54, 1.807) is 0 Å². The lowest BCUT2D eigenvalue weighted by atomic mass is 10.3. The summed E-state index contributed by atoms with van der Waals surface area (Å²) in [5, 5.41) is 0. The molecule has 0 atom stereocenters. The van der Waals surface area contributed by atoms with Crippen molar-refractivity contribution in [1.29, 1.82) is 0 Å². The zero-order chi connectivity index (χ0) is 13.3. The Bertz CT molecular complexity index is 464. The molecule has 2 aromatic rings. The molecule has 19 heavy (non-hydrogen) atoms. The molecule has 0 spiro atoms. The topological polar surface area (TPSA) is 9.23 Å². The van der Waals surface area contributed by atoms with Crippen LogP contribution in [0.4, 0.5) is 0 Å². The summed E-state index contributed by atoms with van der Waals surface area (Å²) in [4.78, 5) is 0. The van der Waals surface area contributed by atoms with Gasteiger partial charge < -0.3 is 4.74 Å². The molecule has 0 bridgehead atoms. The van der Waals surface area contributed by atoms with Gasteiger partial charge in [-0.2, -0.15) is 0 Å². The average Bonchev–Trinajstić information content (AvgIpc) is 2.46. The summed E-state index contributed by atoms with van der Waals surface area (Å²) < 4.78 is 8.62. The van der Waals surface area contributed by atoms with Gasteiger partial charge in [0.25, 0.3) is 0 Å². The van der Waals surface area contributed by atoms with E-state index in [0.29, 0.717) is 0 Å². The Kier molecular flexibility index (Phi) is 6.21. The van der Waals surface area contributed by atoms with Crippen LogP contribution in [0.2, 0.25) is 0 Å². The number of halogens is 1. The van der Waals surface area contributed by atoms with E-state index in [-0.39, 0.29) is 21.2 Å². The van der Waals surface area contributed by atoms with E-state index < -0.39 is 0 Å². The highest BCUT2D eigenvalue weighted by molar-refractivity contribution is 5.20. The maximum Gasteiger partial charge on any atom is 0.357 e. The highest BCUT2D eigenvalue weighted by atomic mass is 127. The van der Waals surface area contributed by atoms with Crippen LogP contribution in [0.1, 0.15) is 26.2 Å². The Morgan fingerprint density at radius 3 is 2.21 bits per heavy atom. The maximum atomic E-state index is 5.73. The van der Waals surface area contributed by atoms with Crippen molar-refractivity contribution in [3.63, 3.8) is 0 Å². The Hall–Kier alpha value is -1.03. The zero-order valence-electron chi connectivity index (χ0n) is 11.3. The second kappa shape index (κ2) is 8.20. The first-order valence-corrected chi connectivity index (χ1v) is 8.97. The summed E-state index contributed by atoms with van der Waals surface area (Å²) in [6.07, 6.45) is 3.64. The van der Waals surface area contributed by atoms with Gasteiger partial charge in [0.2, 0.25) is 0 Å². The summed E-state index contributed by atoms with van der Waals surface area (Å²) in [5.74, 6) is 0.997. The predicted molar refractivity (Wildman–Crippen MR) is 75.3 cm³/mol. The first kappa shape index (κ1) is 14.4. The van der Waals surface area contributed by atoms with E-state index in [1.165, 1.54) is 20.0 Å². The number of hydrogen-bond acceptors (Lipinski definition) is 1. The molecule has 2 rings (SSSR count). The lowest BCUT2D eigenvalue weighted by Crippen LogP contribution is -3.61. The second-order valence-electron chi connectivity index (χ2n) is 4.40. The van der Waals surface area contributed by atoms with E-state index in [9.17, 15) is 0 Å². The lowest BCUT2D eigenvalue weighted by molar-refractivity contribution is -0.597. The first-order chi connectivity index (χ1) is 9.38. The van der Waals surface area contributed by atoms with Crippen molar-refractivity contribution < 1.29 is 25.9 Å². The van der Waals surface area contributed by atoms with E-state index in [1.807, 2.05) is 0 Å². The van der Waals surface area contributed by atoms with Crippen molar-refractivity contribution in [3.05, 3.63) is 61.7 Å². The Morgan fingerprint density at radius 2 is 1.53 bits per heavy atom. The van der Waals surface area contributed by atoms with Crippen LogP contribution in [0.3, 0.4) is 0 Å². The molecule has 1 nitrogen and oxygen atoms in total. The molecule has 0 N–H and O–H groups in total. The monoisotopic (exact) mass is 367 g/mol. The first-order valence-electron chi connectivity index (χ1n) is 6.81. The normalized spacial score (nSPS) is 10.4. The number of ether oxygens (including phenoxy) is 1. The molecule has 0 aliphatic carbocycles. The van der Waals surface area contributed by atoms with Gasteiger partial charge in [-0.3, -0.25) is 0 Å². The van der Waals surface area contributed by atoms with E-state index in [0.717, 1.165) is 18.8 Å². The molecule has 2 heteroatoms. The predicted octanol–water partition coefficient (Wildman–Crippen LogP) is 1.38. The molecule has 0 amide bonds. The summed E-state index contributed by atoms with van der Waals surface area (Å²) in [7, 11) is 0. The second-order valence-corrected chi connectivity index (χ2v) is 7.43. The molecule has 0 radical (unpaired) electrons. The molecule has 0 fully saturated rings. The molecule has 0 saturated carbocycles. The largest absolute Gasteiger partial charge is 0.494 e. The van der Waals surface area contributed by atoms with E-state index in [4.69, 9.17) is 4.74 Å². The minimum atomic E-state index is -0.0592. The van der Waals surface area contributed by atoms with Crippen LogP contribution in [0.5, 0.6) is 5.75 Å². The van der Waals surface area contributed by atoms with Crippen LogP contribution in [0.25, 0.3) is 0 Å². The van der Waals surface area contributed by atoms with Crippen molar-refractivity contribution in [2.24, 2.45) is 0 Å². The molecular weight excluding hydrogens is 347 g/mol. The third-order valence-electron chi connectivity index (χ3n) is 2.78. The van der Waals surface area contributed by atoms with Crippen LogP contribution < -0.4 is 25.9 Å². The molecule has 2 aromatic carbocycles. The Morgan fingerprint density at radius 1 is 0.842 bits per heavy atom.